The molecule has 2 unspecified atom stereocenters. The number of fused-ring (bicyclic) bond motifs is 1. The Hall–Kier alpha value is -3.22. The summed E-state index contributed by atoms with van der Waals surface area (Å²) in [4.78, 5) is 26.9. The smallest absolute Gasteiger partial charge is 0.259 e. The van der Waals surface area contributed by atoms with Crippen LogP contribution in [0.5, 0.6) is 0 Å². The van der Waals surface area contributed by atoms with Crippen LogP contribution in [0.15, 0.2) is 40.9 Å². The molecule has 0 radical (unpaired) electrons. The minimum atomic E-state index is -0.0146. The maximum atomic E-state index is 13.5. The van der Waals surface area contributed by atoms with E-state index in [-0.39, 0.29) is 11.9 Å². The molecule has 0 N–H and O–H groups in total. The lowest BCUT2D eigenvalue weighted by Crippen LogP contribution is -2.65. The first-order valence-corrected chi connectivity index (χ1v) is 10.4. The van der Waals surface area contributed by atoms with Crippen LogP contribution in [0.1, 0.15) is 33.9 Å². The molecule has 7 nitrogen and oxygen atoms in total. The third kappa shape index (κ3) is 3.14. The Morgan fingerprint density at radius 1 is 1.07 bits per heavy atom. The monoisotopic (exact) mass is 403 g/mol. The summed E-state index contributed by atoms with van der Waals surface area (Å²) in [6.45, 7) is 8.16. The van der Waals surface area contributed by atoms with Crippen molar-refractivity contribution in [1.82, 2.24) is 20.0 Å². The molecule has 2 aliphatic rings. The van der Waals surface area contributed by atoms with Crippen LogP contribution in [0.4, 0.5) is 5.95 Å². The van der Waals surface area contributed by atoms with E-state index in [1.54, 1.807) is 6.92 Å². The fourth-order valence-electron chi connectivity index (χ4n) is 4.62. The second-order valence-electron chi connectivity index (χ2n) is 8.30. The number of nitrogens with zero attached hydrogens (tertiary/aromatic N) is 5. The highest BCUT2D eigenvalue weighted by molar-refractivity contribution is 6.00. The zero-order valence-corrected chi connectivity index (χ0v) is 17.5. The van der Waals surface area contributed by atoms with Gasteiger partial charge in [-0.25, -0.2) is 9.97 Å². The number of amides is 1. The largest absolute Gasteiger partial charge is 0.360 e. The summed E-state index contributed by atoms with van der Waals surface area (Å²) in [5.74, 6) is 1.90. The first-order valence-electron chi connectivity index (χ1n) is 10.4. The Kier molecular flexibility index (Phi) is 4.53. The molecule has 4 heterocycles. The van der Waals surface area contributed by atoms with Crippen molar-refractivity contribution >= 4 is 11.9 Å². The van der Waals surface area contributed by atoms with Gasteiger partial charge in [-0.2, -0.15) is 0 Å². The number of anilines is 1. The summed E-state index contributed by atoms with van der Waals surface area (Å²) < 4.78 is 5.41. The van der Waals surface area contributed by atoms with Crippen LogP contribution in [-0.4, -0.2) is 51.6 Å². The molecule has 0 bridgehead atoms. The maximum Gasteiger partial charge on any atom is 0.259 e. The summed E-state index contributed by atoms with van der Waals surface area (Å²) in [6.07, 6.45) is 0.989. The van der Waals surface area contributed by atoms with E-state index in [4.69, 9.17) is 4.52 Å². The number of carbonyl (C=O) groups excluding carboxylic acids is 1. The van der Waals surface area contributed by atoms with Crippen LogP contribution in [0.25, 0.3) is 11.3 Å². The molecular formula is C23H25N5O2. The number of piperidine rings is 1. The number of benzene rings is 1. The van der Waals surface area contributed by atoms with E-state index >= 15 is 0 Å². The minimum absolute atomic E-state index is 0.0146. The van der Waals surface area contributed by atoms with Crippen LogP contribution in [0.2, 0.25) is 0 Å². The number of aromatic nitrogens is 3. The van der Waals surface area contributed by atoms with E-state index in [0.717, 1.165) is 42.4 Å². The fourth-order valence-corrected chi connectivity index (χ4v) is 4.62. The Morgan fingerprint density at radius 3 is 2.53 bits per heavy atom. The van der Waals surface area contributed by atoms with Crippen LogP contribution in [0, 0.1) is 26.7 Å². The lowest BCUT2D eigenvalue weighted by atomic mass is 9.82. The summed E-state index contributed by atoms with van der Waals surface area (Å²) in [7, 11) is 0. The number of rotatable bonds is 3. The van der Waals surface area contributed by atoms with Crippen LogP contribution >= 0.6 is 0 Å². The highest BCUT2D eigenvalue weighted by Gasteiger charge is 2.45. The van der Waals surface area contributed by atoms with E-state index in [2.05, 4.69) is 20.0 Å². The van der Waals surface area contributed by atoms with Gasteiger partial charge < -0.3 is 14.3 Å². The van der Waals surface area contributed by atoms with Gasteiger partial charge in [0.15, 0.2) is 0 Å². The van der Waals surface area contributed by atoms with E-state index in [1.807, 2.05) is 55.1 Å². The molecule has 30 heavy (non-hydrogen) atoms. The Morgan fingerprint density at radius 2 is 1.80 bits per heavy atom. The summed E-state index contributed by atoms with van der Waals surface area (Å²) in [5, 5.41) is 4.18. The fraction of sp³-hybridized carbons (Fsp3) is 0.391. The van der Waals surface area contributed by atoms with E-state index in [1.165, 1.54) is 0 Å². The van der Waals surface area contributed by atoms with Gasteiger partial charge in [-0.1, -0.05) is 35.5 Å². The molecule has 2 aromatic heterocycles. The maximum absolute atomic E-state index is 13.5. The minimum Gasteiger partial charge on any atom is -0.360 e. The predicted molar refractivity (Wildman–Crippen MR) is 113 cm³/mol. The molecule has 154 valence electrons. The van der Waals surface area contributed by atoms with Crippen LogP contribution in [0.3, 0.4) is 0 Å². The molecular weight excluding hydrogens is 378 g/mol. The first kappa shape index (κ1) is 18.8. The molecule has 7 heteroatoms. The van der Waals surface area contributed by atoms with Crippen molar-refractivity contribution in [1.29, 1.82) is 0 Å². The van der Waals surface area contributed by atoms with Gasteiger partial charge in [0, 0.05) is 42.5 Å². The van der Waals surface area contributed by atoms with Gasteiger partial charge in [-0.15, -0.1) is 0 Å². The second-order valence-corrected chi connectivity index (χ2v) is 8.30. The van der Waals surface area contributed by atoms with Crippen LogP contribution < -0.4 is 4.90 Å². The zero-order valence-electron chi connectivity index (χ0n) is 17.5. The lowest BCUT2D eigenvalue weighted by molar-refractivity contribution is 0.0588. The SMILES string of the molecule is Cc1cc(C)nc(N2CC3CCN(C(=O)c4c(-c5ccccc5)noc4C)CC32)n1. The standard InChI is InChI=1S/C23H25N5O2/c1-14-11-15(2)25-23(24-14)28-12-18-9-10-27(13-19(18)28)22(29)20-16(3)30-26-21(20)17-7-5-4-6-8-17/h4-8,11,18-19H,9-10,12-13H2,1-3H3. The molecule has 5 rings (SSSR count). The summed E-state index contributed by atoms with van der Waals surface area (Å²) in [6, 6.07) is 12.0. The summed E-state index contributed by atoms with van der Waals surface area (Å²) >= 11 is 0. The molecule has 3 aromatic rings. The third-order valence-electron chi connectivity index (χ3n) is 6.19. The Bertz CT molecular complexity index is 1070. The van der Waals surface area contributed by atoms with Crippen molar-refractivity contribution < 1.29 is 9.32 Å². The highest BCUT2D eigenvalue weighted by Crippen LogP contribution is 2.36. The molecule has 0 saturated carbocycles. The third-order valence-corrected chi connectivity index (χ3v) is 6.19. The number of hydrogen-bond acceptors (Lipinski definition) is 6. The van der Waals surface area contributed by atoms with Gasteiger partial charge in [-0.05, 0) is 33.3 Å². The van der Waals surface area contributed by atoms with Crippen LogP contribution in [-0.2, 0) is 0 Å². The highest BCUT2D eigenvalue weighted by atomic mass is 16.5. The van der Waals surface area contributed by atoms with Gasteiger partial charge >= 0.3 is 0 Å². The molecule has 2 saturated heterocycles. The number of hydrogen-bond donors (Lipinski definition) is 0. The predicted octanol–water partition coefficient (Wildman–Crippen LogP) is 3.41. The molecule has 2 aliphatic heterocycles. The van der Waals surface area contributed by atoms with E-state index in [9.17, 15) is 4.79 Å². The molecule has 0 spiro atoms. The zero-order chi connectivity index (χ0) is 20.8. The first-order chi connectivity index (χ1) is 14.5. The molecule has 1 aromatic carbocycles. The summed E-state index contributed by atoms with van der Waals surface area (Å²) in [5.41, 5.74) is 4.01. The van der Waals surface area contributed by atoms with Gasteiger partial charge in [-0.3, -0.25) is 4.79 Å². The van der Waals surface area contributed by atoms with Gasteiger partial charge in [0.05, 0.1) is 6.04 Å². The molecule has 2 atom stereocenters. The van der Waals surface area contributed by atoms with E-state index in [0.29, 0.717) is 29.5 Å². The van der Waals surface area contributed by atoms with Gasteiger partial charge in [0.2, 0.25) is 5.95 Å². The molecule has 1 amide bonds. The quantitative estimate of drug-likeness (QED) is 0.667. The average Bonchev–Trinajstić information content (AvgIpc) is 3.10. The Balaban J connectivity index is 1.39. The number of aryl methyl sites for hydroxylation is 3. The molecule has 2 fully saturated rings. The second kappa shape index (κ2) is 7.23. The van der Waals surface area contributed by atoms with Crippen molar-refractivity contribution in [2.75, 3.05) is 24.5 Å². The van der Waals surface area contributed by atoms with Crippen molar-refractivity contribution in [3.8, 4) is 11.3 Å². The average molecular weight is 403 g/mol. The van der Waals surface area contributed by atoms with Gasteiger partial charge in [0.1, 0.15) is 17.0 Å². The van der Waals surface area contributed by atoms with Crippen molar-refractivity contribution in [2.24, 2.45) is 5.92 Å². The van der Waals surface area contributed by atoms with Crippen molar-refractivity contribution in [3.63, 3.8) is 0 Å². The van der Waals surface area contributed by atoms with Crippen molar-refractivity contribution in [3.05, 3.63) is 59.1 Å². The topological polar surface area (TPSA) is 75.4 Å². The van der Waals surface area contributed by atoms with Gasteiger partial charge in [0.25, 0.3) is 5.91 Å². The number of carbonyl (C=O) groups is 1. The Labute approximate surface area is 175 Å². The normalized spacial score (nSPS) is 20.6. The van der Waals surface area contributed by atoms with E-state index < -0.39 is 0 Å². The number of likely N-dealkylation sites (tertiary alicyclic amines) is 1. The lowest BCUT2D eigenvalue weighted by Gasteiger charge is -2.53. The van der Waals surface area contributed by atoms with Crippen molar-refractivity contribution in [2.45, 2.75) is 33.2 Å². The molecule has 0 aliphatic carbocycles.